The van der Waals surface area contributed by atoms with Crippen molar-refractivity contribution in [2.45, 2.75) is 39.7 Å². The van der Waals surface area contributed by atoms with E-state index in [0.29, 0.717) is 22.6 Å². The number of nitriles is 1. The van der Waals surface area contributed by atoms with Gasteiger partial charge in [0.15, 0.2) is 5.78 Å². The highest BCUT2D eigenvalue weighted by atomic mass is 35.5. The lowest BCUT2D eigenvalue weighted by molar-refractivity contribution is -0.131. The number of carbonyl (C=O) groups is 1. The van der Waals surface area contributed by atoms with Gasteiger partial charge in [-0.2, -0.15) is 5.26 Å². The number of hydrogen-bond donors (Lipinski definition) is 1. The summed E-state index contributed by atoms with van der Waals surface area (Å²) in [5.41, 5.74) is -0.116. The first-order valence-electron chi connectivity index (χ1n) is 7.35. The molecule has 0 heterocycles. The van der Waals surface area contributed by atoms with Crippen LogP contribution in [0, 0.1) is 22.7 Å². The van der Waals surface area contributed by atoms with Gasteiger partial charge < -0.3 is 5.11 Å². The van der Waals surface area contributed by atoms with E-state index in [0.717, 1.165) is 5.56 Å². The van der Waals surface area contributed by atoms with Crippen LogP contribution >= 0.6 is 11.6 Å². The Hall–Kier alpha value is -1.63. The normalized spacial score (nSPS) is 28.9. The van der Waals surface area contributed by atoms with Gasteiger partial charge in [-0.15, -0.1) is 0 Å². The van der Waals surface area contributed by atoms with E-state index in [9.17, 15) is 9.90 Å². The lowest BCUT2D eigenvalue weighted by atomic mass is 9.74. The fourth-order valence-corrected chi connectivity index (χ4v) is 3.39. The molecule has 22 heavy (non-hydrogen) atoms. The largest absolute Gasteiger partial charge is 0.389 e. The zero-order valence-corrected chi connectivity index (χ0v) is 14.0. The van der Waals surface area contributed by atoms with Gasteiger partial charge in [0.1, 0.15) is 6.07 Å². The van der Waals surface area contributed by atoms with E-state index in [1.54, 1.807) is 45.0 Å². The molecule has 4 heteroatoms. The molecule has 1 aliphatic rings. The summed E-state index contributed by atoms with van der Waals surface area (Å²) in [5, 5.41) is 20.1. The number of Topliss-reactive ketones (excluding diaryl/α,β-unsaturated/α-hetero) is 1. The second kappa shape index (κ2) is 5.53. The maximum atomic E-state index is 12.7. The first-order valence-corrected chi connectivity index (χ1v) is 7.73. The monoisotopic (exact) mass is 317 g/mol. The molecule has 1 saturated carbocycles. The van der Waals surface area contributed by atoms with Gasteiger partial charge >= 0.3 is 0 Å². The van der Waals surface area contributed by atoms with Crippen molar-refractivity contribution in [2.24, 2.45) is 11.3 Å². The minimum absolute atomic E-state index is 0.0372. The summed E-state index contributed by atoms with van der Waals surface area (Å²) in [5.74, 6) is -0.255. The molecule has 1 fully saturated rings. The van der Waals surface area contributed by atoms with Crippen molar-refractivity contribution >= 4 is 23.5 Å². The van der Waals surface area contributed by atoms with Crippen molar-refractivity contribution in [3.8, 4) is 6.07 Å². The van der Waals surface area contributed by atoms with Gasteiger partial charge in [-0.05, 0) is 51.0 Å². The third-order valence-corrected chi connectivity index (χ3v) is 5.31. The summed E-state index contributed by atoms with van der Waals surface area (Å²) in [6.07, 6.45) is 2.46. The molecule has 0 aromatic heterocycles. The molecule has 0 saturated heterocycles. The molecule has 1 aromatic rings. The third kappa shape index (κ3) is 2.37. The molecule has 0 aliphatic heterocycles. The molecular formula is C18H20ClNO2. The summed E-state index contributed by atoms with van der Waals surface area (Å²) >= 11 is 6.05. The van der Waals surface area contributed by atoms with Crippen molar-refractivity contribution in [3.05, 3.63) is 39.9 Å². The quantitative estimate of drug-likeness (QED) is 0.839. The summed E-state index contributed by atoms with van der Waals surface area (Å²) in [4.78, 5) is 12.7. The van der Waals surface area contributed by atoms with Gasteiger partial charge in [-0.1, -0.05) is 24.6 Å². The van der Waals surface area contributed by atoms with Crippen molar-refractivity contribution in [1.29, 1.82) is 5.26 Å². The zero-order chi connectivity index (χ0) is 16.7. The maximum absolute atomic E-state index is 12.7. The van der Waals surface area contributed by atoms with Crippen LogP contribution in [0.25, 0.3) is 6.08 Å². The zero-order valence-electron chi connectivity index (χ0n) is 13.3. The van der Waals surface area contributed by atoms with Crippen LogP contribution < -0.4 is 0 Å². The second-order valence-electron chi connectivity index (χ2n) is 6.51. The fraction of sp³-hybridized carbons (Fsp3) is 0.444. The SMILES string of the molecule is CC[C@@H]1/C(=C\c2ccc(C#N)c(Cl)c2)C(=O)C(C)(C)[C@]1(C)O. The van der Waals surface area contributed by atoms with Crippen LogP contribution in [0.3, 0.4) is 0 Å². The minimum Gasteiger partial charge on any atom is -0.389 e. The van der Waals surface area contributed by atoms with Crippen LogP contribution in [0.2, 0.25) is 5.02 Å². The Morgan fingerprint density at radius 1 is 1.41 bits per heavy atom. The number of aliphatic hydroxyl groups is 1. The molecule has 2 rings (SSSR count). The van der Waals surface area contributed by atoms with Crippen LogP contribution in [0.4, 0.5) is 0 Å². The summed E-state index contributed by atoms with van der Waals surface area (Å²) in [6.45, 7) is 7.26. The van der Waals surface area contributed by atoms with Crippen LogP contribution in [-0.2, 0) is 4.79 Å². The molecule has 1 aromatic carbocycles. The number of hydrogen-bond acceptors (Lipinski definition) is 3. The van der Waals surface area contributed by atoms with E-state index in [1.165, 1.54) is 0 Å². The Morgan fingerprint density at radius 2 is 2.05 bits per heavy atom. The van der Waals surface area contributed by atoms with E-state index < -0.39 is 11.0 Å². The summed E-state index contributed by atoms with van der Waals surface area (Å²) in [6, 6.07) is 7.08. The van der Waals surface area contributed by atoms with Gasteiger partial charge in [-0.25, -0.2) is 0 Å². The van der Waals surface area contributed by atoms with Gasteiger partial charge in [0.25, 0.3) is 0 Å². The van der Waals surface area contributed by atoms with E-state index in [2.05, 4.69) is 0 Å². The van der Waals surface area contributed by atoms with Crippen LogP contribution in [0.5, 0.6) is 0 Å². The Balaban J connectivity index is 2.54. The molecule has 0 bridgehead atoms. The molecule has 116 valence electrons. The molecule has 0 amide bonds. The Labute approximate surface area is 136 Å². The fourth-order valence-electron chi connectivity index (χ4n) is 3.16. The van der Waals surface area contributed by atoms with Gasteiger partial charge in [-0.3, -0.25) is 4.79 Å². The van der Waals surface area contributed by atoms with E-state index in [-0.39, 0.29) is 11.7 Å². The average molecular weight is 318 g/mol. The van der Waals surface area contributed by atoms with Crippen molar-refractivity contribution in [3.63, 3.8) is 0 Å². The predicted octanol–water partition coefficient (Wildman–Crippen LogP) is 3.98. The highest BCUT2D eigenvalue weighted by Gasteiger charge is 2.58. The number of benzene rings is 1. The topological polar surface area (TPSA) is 61.1 Å². The maximum Gasteiger partial charge on any atom is 0.167 e. The number of carbonyl (C=O) groups excluding carboxylic acids is 1. The third-order valence-electron chi connectivity index (χ3n) is 4.99. The number of halogens is 1. The minimum atomic E-state index is -1.08. The van der Waals surface area contributed by atoms with E-state index in [1.807, 2.05) is 13.0 Å². The Kier molecular flexibility index (Phi) is 4.21. The van der Waals surface area contributed by atoms with Crippen LogP contribution in [0.1, 0.15) is 45.2 Å². The smallest absolute Gasteiger partial charge is 0.167 e. The molecule has 0 radical (unpaired) electrons. The lowest BCUT2D eigenvalue weighted by Gasteiger charge is -2.35. The number of ketones is 1. The number of rotatable bonds is 2. The van der Waals surface area contributed by atoms with Crippen molar-refractivity contribution in [2.75, 3.05) is 0 Å². The molecule has 0 unspecified atom stereocenters. The van der Waals surface area contributed by atoms with Crippen molar-refractivity contribution in [1.82, 2.24) is 0 Å². The predicted molar refractivity (Wildman–Crippen MR) is 87.3 cm³/mol. The highest BCUT2D eigenvalue weighted by Crippen LogP contribution is 2.51. The molecule has 3 nitrogen and oxygen atoms in total. The first kappa shape index (κ1) is 16.7. The molecule has 2 atom stereocenters. The Bertz CT molecular complexity index is 696. The molecule has 0 spiro atoms. The molecule has 1 aliphatic carbocycles. The van der Waals surface area contributed by atoms with E-state index in [4.69, 9.17) is 16.9 Å². The molecule has 1 N–H and O–H groups in total. The van der Waals surface area contributed by atoms with E-state index >= 15 is 0 Å². The standard InChI is InChI=1S/C18H20ClNO2/c1-5-14-13(16(21)17(2,3)18(14,4)22)8-11-6-7-12(10-20)15(19)9-11/h6-9,14,22H,5H2,1-4H3/b13-8+/t14-,18-/m1/s1. The highest BCUT2D eigenvalue weighted by molar-refractivity contribution is 6.31. The second-order valence-corrected chi connectivity index (χ2v) is 6.92. The van der Waals surface area contributed by atoms with Crippen LogP contribution in [-0.4, -0.2) is 16.5 Å². The molecular weight excluding hydrogens is 298 g/mol. The average Bonchev–Trinajstić information content (AvgIpc) is 2.57. The van der Waals surface area contributed by atoms with Gasteiger partial charge in [0.05, 0.1) is 21.6 Å². The number of nitrogens with zero attached hydrogens (tertiary/aromatic N) is 1. The van der Waals surface area contributed by atoms with Gasteiger partial charge in [0.2, 0.25) is 0 Å². The summed E-state index contributed by atoms with van der Waals surface area (Å²) in [7, 11) is 0. The summed E-state index contributed by atoms with van der Waals surface area (Å²) < 4.78 is 0. The lowest BCUT2D eigenvalue weighted by Crippen LogP contribution is -2.44. The van der Waals surface area contributed by atoms with Crippen molar-refractivity contribution < 1.29 is 9.90 Å². The van der Waals surface area contributed by atoms with Gasteiger partial charge in [0, 0.05) is 11.5 Å². The Morgan fingerprint density at radius 3 is 2.55 bits per heavy atom. The van der Waals surface area contributed by atoms with Crippen LogP contribution in [0.15, 0.2) is 23.8 Å². The first-order chi connectivity index (χ1) is 10.2.